The van der Waals surface area contributed by atoms with Gasteiger partial charge < -0.3 is 4.42 Å². The first-order valence-electron chi connectivity index (χ1n) is 8.70. The Kier molecular flexibility index (Phi) is 5.72. The van der Waals surface area contributed by atoms with Gasteiger partial charge in [-0.25, -0.2) is 17.9 Å². The minimum absolute atomic E-state index is 0.0274. The fourth-order valence-corrected chi connectivity index (χ4v) is 4.58. The molecule has 26 heavy (non-hydrogen) atoms. The molecule has 2 aromatic rings. The minimum Gasteiger partial charge on any atom is -0.423 e. The van der Waals surface area contributed by atoms with Crippen molar-refractivity contribution >= 4 is 32.6 Å². The number of benzene rings is 1. The molecular formula is C18H23ClN2O4S. The van der Waals surface area contributed by atoms with E-state index in [9.17, 15) is 13.2 Å². The molecule has 0 spiro atoms. The molecule has 1 saturated heterocycles. The van der Waals surface area contributed by atoms with Gasteiger partial charge in [0.1, 0.15) is 5.58 Å². The molecule has 0 unspecified atom stereocenters. The molecule has 1 aliphatic rings. The van der Waals surface area contributed by atoms with Gasteiger partial charge in [0.05, 0.1) is 6.26 Å². The molecule has 6 nitrogen and oxygen atoms in total. The van der Waals surface area contributed by atoms with Crippen molar-refractivity contribution in [2.75, 3.05) is 19.3 Å². The highest BCUT2D eigenvalue weighted by atomic mass is 35.5. The van der Waals surface area contributed by atoms with Gasteiger partial charge in [0, 0.05) is 42.2 Å². The van der Waals surface area contributed by atoms with Crippen LogP contribution in [0.4, 0.5) is 0 Å². The van der Waals surface area contributed by atoms with Gasteiger partial charge in [-0.1, -0.05) is 18.5 Å². The number of hydrogen-bond donors (Lipinski definition) is 1. The lowest BCUT2D eigenvalue weighted by molar-refractivity contribution is 0.200. The Balaban J connectivity index is 1.79. The normalized spacial score (nSPS) is 17.0. The van der Waals surface area contributed by atoms with E-state index < -0.39 is 10.0 Å². The van der Waals surface area contributed by atoms with Gasteiger partial charge in [-0.2, -0.15) is 0 Å². The number of piperidine rings is 1. The first kappa shape index (κ1) is 19.4. The maximum Gasteiger partial charge on any atom is 0.336 e. The van der Waals surface area contributed by atoms with Crippen LogP contribution >= 0.6 is 11.6 Å². The quantitative estimate of drug-likeness (QED) is 0.783. The summed E-state index contributed by atoms with van der Waals surface area (Å²) in [5, 5.41) is 1.52. The van der Waals surface area contributed by atoms with Crippen LogP contribution in [0.2, 0.25) is 5.02 Å². The van der Waals surface area contributed by atoms with Gasteiger partial charge in [-0.3, -0.25) is 4.90 Å². The van der Waals surface area contributed by atoms with Gasteiger partial charge >= 0.3 is 5.63 Å². The van der Waals surface area contributed by atoms with Gasteiger partial charge in [0.2, 0.25) is 10.0 Å². The molecule has 1 aromatic carbocycles. The molecule has 3 rings (SSSR count). The van der Waals surface area contributed by atoms with Gasteiger partial charge in [0.15, 0.2) is 0 Å². The first-order chi connectivity index (χ1) is 12.2. The summed E-state index contributed by atoms with van der Waals surface area (Å²) >= 11 is 6.34. The van der Waals surface area contributed by atoms with E-state index in [1.54, 1.807) is 0 Å². The van der Waals surface area contributed by atoms with Crippen molar-refractivity contribution in [1.29, 1.82) is 0 Å². The summed E-state index contributed by atoms with van der Waals surface area (Å²) in [6.45, 7) is 4.13. The van der Waals surface area contributed by atoms with Crippen molar-refractivity contribution in [3.05, 3.63) is 44.8 Å². The smallest absolute Gasteiger partial charge is 0.336 e. The summed E-state index contributed by atoms with van der Waals surface area (Å²) in [5.41, 5.74) is 2.02. The van der Waals surface area contributed by atoms with Crippen molar-refractivity contribution in [1.82, 2.24) is 9.62 Å². The molecule has 0 aliphatic carbocycles. The molecule has 0 radical (unpaired) electrons. The zero-order valence-corrected chi connectivity index (χ0v) is 16.5. The average molecular weight is 399 g/mol. The Morgan fingerprint density at radius 3 is 2.54 bits per heavy atom. The van der Waals surface area contributed by atoms with Crippen LogP contribution in [-0.2, 0) is 23.0 Å². The second-order valence-corrected chi connectivity index (χ2v) is 9.01. The molecule has 142 valence electrons. The SMILES string of the molecule is CCc1cc2oc(=O)cc(CN3CCC(NS(C)(=O)=O)CC3)c2cc1Cl. The third-order valence-electron chi connectivity index (χ3n) is 4.74. The zero-order chi connectivity index (χ0) is 18.9. The maximum absolute atomic E-state index is 11.9. The fraction of sp³-hybridized carbons (Fsp3) is 0.500. The molecule has 8 heteroatoms. The number of rotatable bonds is 5. The molecule has 1 fully saturated rings. The van der Waals surface area contributed by atoms with E-state index in [1.807, 2.05) is 19.1 Å². The van der Waals surface area contributed by atoms with Crippen molar-refractivity contribution in [3.8, 4) is 0 Å². The number of nitrogens with one attached hydrogen (secondary N) is 1. The van der Waals surface area contributed by atoms with Crippen LogP contribution in [0.3, 0.4) is 0 Å². The minimum atomic E-state index is -3.18. The van der Waals surface area contributed by atoms with Crippen LogP contribution in [0.1, 0.15) is 30.9 Å². The molecular weight excluding hydrogens is 376 g/mol. The second-order valence-electron chi connectivity index (χ2n) is 6.82. The van der Waals surface area contributed by atoms with E-state index in [0.717, 1.165) is 48.9 Å². The Labute approximate surface area is 158 Å². The number of fused-ring (bicyclic) bond motifs is 1. The topological polar surface area (TPSA) is 79.6 Å². The van der Waals surface area contributed by atoms with Crippen LogP contribution in [-0.4, -0.2) is 38.7 Å². The lowest BCUT2D eigenvalue weighted by Crippen LogP contribution is -2.44. The third kappa shape index (κ3) is 4.65. The van der Waals surface area contributed by atoms with E-state index in [-0.39, 0.29) is 11.7 Å². The monoisotopic (exact) mass is 398 g/mol. The summed E-state index contributed by atoms with van der Waals surface area (Å²) in [7, 11) is -3.18. The number of sulfonamides is 1. The number of likely N-dealkylation sites (tertiary alicyclic amines) is 1. The number of halogens is 1. The number of hydrogen-bond acceptors (Lipinski definition) is 5. The summed E-state index contributed by atoms with van der Waals surface area (Å²) in [6, 6.07) is 5.20. The van der Waals surface area contributed by atoms with E-state index in [2.05, 4.69) is 9.62 Å². The van der Waals surface area contributed by atoms with Crippen LogP contribution in [0, 0.1) is 0 Å². The van der Waals surface area contributed by atoms with Crippen molar-refractivity contribution < 1.29 is 12.8 Å². The fourth-order valence-electron chi connectivity index (χ4n) is 3.44. The number of nitrogens with zero attached hydrogens (tertiary/aromatic N) is 1. The Morgan fingerprint density at radius 2 is 1.92 bits per heavy atom. The summed E-state index contributed by atoms with van der Waals surface area (Å²) in [5.74, 6) is 0. The highest BCUT2D eigenvalue weighted by molar-refractivity contribution is 7.88. The zero-order valence-electron chi connectivity index (χ0n) is 14.9. The standard InChI is InChI=1S/C18H23ClN2O4S/c1-3-12-8-17-15(10-16(12)19)13(9-18(22)25-17)11-21-6-4-14(5-7-21)20-26(2,23)24/h8-10,14,20H,3-7,11H2,1-2H3. The average Bonchev–Trinajstić information content (AvgIpc) is 2.55. The first-order valence-corrected chi connectivity index (χ1v) is 11.0. The van der Waals surface area contributed by atoms with Crippen LogP contribution in [0.15, 0.2) is 27.4 Å². The molecule has 2 heterocycles. The molecule has 0 atom stereocenters. The Bertz CT molecular complexity index is 963. The Hall–Kier alpha value is -1.41. The summed E-state index contributed by atoms with van der Waals surface area (Å²) in [6.07, 6.45) is 3.44. The molecule has 1 aliphatic heterocycles. The van der Waals surface area contributed by atoms with Crippen LogP contribution in [0.5, 0.6) is 0 Å². The highest BCUT2D eigenvalue weighted by Crippen LogP contribution is 2.27. The van der Waals surface area contributed by atoms with Crippen molar-refractivity contribution in [2.45, 2.75) is 38.8 Å². The molecule has 0 bridgehead atoms. The van der Waals surface area contributed by atoms with E-state index in [1.165, 1.54) is 12.3 Å². The third-order valence-corrected chi connectivity index (χ3v) is 5.85. The Morgan fingerprint density at radius 1 is 1.23 bits per heavy atom. The van der Waals surface area contributed by atoms with Crippen LogP contribution < -0.4 is 10.3 Å². The predicted octanol–water partition coefficient (Wildman–Crippen LogP) is 2.52. The molecule has 0 saturated carbocycles. The highest BCUT2D eigenvalue weighted by Gasteiger charge is 2.22. The predicted molar refractivity (Wildman–Crippen MR) is 103 cm³/mol. The van der Waals surface area contributed by atoms with E-state index in [0.29, 0.717) is 17.2 Å². The van der Waals surface area contributed by atoms with Crippen molar-refractivity contribution in [2.24, 2.45) is 0 Å². The summed E-state index contributed by atoms with van der Waals surface area (Å²) in [4.78, 5) is 14.2. The van der Waals surface area contributed by atoms with Gasteiger partial charge in [-0.05, 0) is 42.5 Å². The van der Waals surface area contributed by atoms with E-state index >= 15 is 0 Å². The molecule has 1 N–H and O–H groups in total. The van der Waals surface area contributed by atoms with Gasteiger partial charge in [-0.15, -0.1) is 0 Å². The number of aryl methyl sites for hydroxylation is 1. The maximum atomic E-state index is 11.9. The molecule has 1 aromatic heterocycles. The van der Waals surface area contributed by atoms with Crippen LogP contribution in [0.25, 0.3) is 11.0 Å². The summed E-state index contributed by atoms with van der Waals surface area (Å²) < 4.78 is 30.7. The lowest BCUT2D eigenvalue weighted by atomic mass is 10.0. The van der Waals surface area contributed by atoms with Gasteiger partial charge in [0.25, 0.3) is 0 Å². The second kappa shape index (κ2) is 7.68. The molecule has 0 amide bonds. The lowest BCUT2D eigenvalue weighted by Gasteiger charge is -2.32. The largest absolute Gasteiger partial charge is 0.423 e. The van der Waals surface area contributed by atoms with E-state index in [4.69, 9.17) is 16.0 Å². The van der Waals surface area contributed by atoms with Crippen molar-refractivity contribution in [3.63, 3.8) is 0 Å².